The van der Waals surface area contributed by atoms with Crippen LogP contribution in [-0.4, -0.2) is 14.8 Å². The average Bonchev–Trinajstić information content (AvgIpc) is 2.93. The van der Waals surface area contributed by atoms with E-state index in [0.717, 1.165) is 0 Å². The quantitative estimate of drug-likeness (QED) is 0.211. The number of benzene rings is 5. The molecule has 2 nitrogen and oxygen atoms in total. The van der Waals surface area contributed by atoms with Crippen molar-refractivity contribution in [2.45, 2.75) is 47.3 Å². The lowest BCUT2D eigenvalue weighted by Gasteiger charge is -2.45. The van der Waals surface area contributed by atoms with Crippen LogP contribution in [0.2, 0.25) is 19.6 Å². The highest BCUT2D eigenvalue weighted by molar-refractivity contribution is 7.00. The molecule has 0 saturated carbocycles. The van der Waals surface area contributed by atoms with Crippen LogP contribution in [0.1, 0.15) is 22.3 Å². The average molecular weight is 549 g/mol. The molecule has 2 aliphatic rings. The Morgan fingerprint density at radius 3 is 1.24 bits per heavy atom. The van der Waals surface area contributed by atoms with Crippen LogP contribution in [0.25, 0.3) is 0 Å². The molecule has 2 aliphatic heterocycles. The normalized spacial score (nSPS) is 13.6. The third kappa shape index (κ3) is 4.16. The predicted molar refractivity (Wildman–Crippen MR) is 182 cm³/mol. The van der Waals surface area contributed by atoms with Gasteiger partial charge in [0.2, 0.25) is 0 Å². The molecule has 0 atom stereocenters. The largest absolute Gasteiger partial charge is 0.311 e. The smallest absolute Gasteiger partial charge is 0.252 e. The lowest BCUT2D eigenvalue weighted by molar-refractivity contribution is 1.24. The van der Waals surface area contributed by atoms with E-state index in [0.29, 0.717) is 0 Å². The second-order valence-electron chi connectivity index (χ2n) is 13.1. The van der Waals surface area contributed by atoms with Crippen molar-refractivity contribution >= 4 is 70.5 Å². The number of rotatable bonds is 3. The molecule has 0 amide bonds. The fourth-order valence-corrected chi connectivity index (χ4v) is 7.76. The number of nitrogens with zero attached hydrogens (tertiary/aromatic N) is 2. The Bertz CT molecular complexity index is 1690. The Morgan fingerprint density at radius 2 is 0.854 bits per heavy atom. The summed E-state index contributed by atoms with van der Waals surface area (Å²) < 4.78 is 0. The molecule has 0 aromatic heterocycles. The molecule has 4 heteroatoms. The van der Waals surface area contributed by atoms with Crippen molar-refractivity contribution in [2.24, 2.45) is 0 Å². The number of hydrogen-bond acceptors (Lipinski definition) is 2. The minimum atomic E-state index is -1.67. The first-order chi connectivity index (χ1) is 19.6. The topological polar surface area (TPSA) is 6.48 Å². The highest BCUT2D eigenvalue weighted by atomic mass is 28.3. The number of aryl methyl sites for hydroxylation is 4. The molecule has 0 bridgehead atoms. The summed E-state index contributed by atoms with van der Waals surface area (Å²) in [6, 6.07) is 37.2. The van der Waals surface area contributed by atoms with E-state index >= 15 is 0 Å². The molecule has 0 aliphatic carbocycles. The minimum absolute atomic E-state index is 0.170. The number of anilines is 6. The van der Waals surface area contributed by atoms with Crippen molar-refractivity contribution in [2.75, 3.05) is 9.80 Å². The molecule has 0 saturated heterocycles. The first kappa shape index (κ1) is 25.9. The van der Waals surface area contributed by atoms with Crippen LogP contribution in [0, 0.1) is 27.7 Å². The maximum absolute atomic E-state index is 2.53. The highest BCUT2D eigenvalue weighted by Gasteiger charge is 2.44. The summed E-state index contributed by atoms with van der Waals surface area (Å²) in [6.45, 7) is 16.3. The van der Waals surface area contributed by atoms with Gasteiger partial charge in [0.05, 0.1) is 8.07 Å². The van der Waals surface area contributed by atoms with E-state index in [1.54, 1.807) is 0 Å². The van der Waals surface area contributed by atoms with Gasteiger partial charge in [-0.2, -0.15) is 0 Å². The first-order valence-corrected chi connectivity index (χ1v) is 18.2. The standard InChI is InChI=1S/C37H37BN2Si/c1-24-8-14-28(15-9-24)39-33-18-12-26(3)20-31(33)38-32-21-27(4)13-19-34(32)40(29-16-10-25(2)11-17-29)36-23-30(41(5,6)7)22-35(39)37(36)38/h8-23H,1-7H3. The summed E-state index contributed by atoms with van der Waals surface area (Å²) in [6.07, 6.45) is 0. The van der Waals surface area contributed by atoms with Gasteiger partial charge in [0.1, 0.15) is 0 Å². The fourth-order valence-electron chi connectivity index (χ4n) is 6.62. The summed E-state index contributed by atoms with van der Waals surface area (Å²) in [4.78, 5) is 5.06. The van der Waals surface area contributed by atoms with Gasteiger partial charge in [-0.1, -0.05) is 95.6 Å². The molecule has 0 N–H and O–H groups in total. The van der Waals surface area contributed by atoms with E-state index in [4.69, 9.17) is 0 Å². The molecule has 0 unspecified atom stereocenters. The van der Waals surface area contributed by atoms with E-state index in [9.17, 15) is 0 Å². The summed E-state index contributed by atoms with van der Waals surface area (Å²) >= 11 is 0. The maximum atomic E-state index is 2.53. The summed E-state index contributed by atoms with van der Waals surface area (Å²) in [5.41, 5.74) is 17.0. The van der Waals surface area contributed by atoms with Crippen LogP contribution >= 0.6 is 0 Å². The Hall–Kier alpha value is -4.02. The van der Waals surface area contributed by atoms with Gasteiger partial charge in [-0.15, -0.1) is 0 Å². The molecule has 7 rings (SSSR count). The zero-order valence-electron chi connectivity index (χ0n) is 25.2. The fraction of sp³-hybridized carbons (Fsp3) is 0.189. The second-order valence-corrected chi connectivity index (χ2v) is 18.2. The van der Waals surface area contributed by atoms with Crippen molar-refractivity contribution in [3.05, 3.63) is 119 Å². The maximum Gasteiger partial charge on any atom is 0.252 e. The van der Waals surface area contributed by atoms with Gasteiger partial charge >= 0.3 is 0 Å². The second kappa shape index (κ2) is 9.25. The molecule has 5 aromatic rings. The van der Waals surface area contributed by atoms with Gasteiger partial charge in [0.15, 0.2) is 0 Å². The van der Waals surface area contributed by atoms with Gasteiger partial charge in [0, 0.05) is 34.1 Å². The third-order valence-corrected chi connectivity index (χ3v) is 10.8. The predicted octanol–water partition coefficient (Wildman–Crippen LogP) is 7.55. The molecule has 41 heavy (non-hydrogen) atoms. The minimum Gasteiger partial charge on any atom is -0.311 e. The van der Waals surface area contributed by atoms with E-state index in [1.807, 2.05) is 0 Å². The van der Waals surface area contributed by atoms with Crippen molar-refractivity contribution in [3.8, 4) is 0 Å². The van der Waals surface area contributed by atoms with Crippen molar-refractivity contribution in [1.29, 1.82) is 0 Å². The van der Waals surface area contributed by atoms with Crippen LogP contribution in [0.3, 0.4) is 0 Å². The molecular weight excluding hydrogens is 511 g/mol. The van der Waals surface area contributed by atoms with Crippen LogP contribution in [0.5, 0.6) is 0 Å². The Labute approximate surface area is 246 Å². The zero-order chi connectivity index (χ0) is 28.6. The van der Waals surface area contributed by atoms with Gasteiger partial charge in [-0.25, -0.2) is 0 Å². The van der Waals surface area contributed by atoms with Gasteiger partial charge in [-0.3, -0.25) is 0 Å². The third-order valence-electron chi connectivity index (χ3n) is 8.83. The lowest BCUT2D eigenvalue weighted by atomic mass is 9.33. The Balaban J connectivity index is 1.63. The first-order valence-electron chi connectivity index (χ1n) is 14.7. The van der Waals surface area contributed by atoms with E-state index < -0.39 is 8.07 Å². The van der Waals surface area contributed by atoms with Crippen molar-refractivity contribution in [1.82, 2.24) is 0 Å². The number of hydrogen-bond donors (Lipinski definition) is 0. The monoisotopic (exact) mass is 548 g/mol. The van der Waals surface area contributed by atoms with Crippen molar-refractivity contribution < 1.29 is 0 Å². The van der Waals surface area contributed by atoms with E-state index in [2.05, 4.69) is 154 Å². The van der Waals surface area contributed by atoms with Crippen LogP contribution in [-0.2, 0) is 0 Å². The zero-order valence-corrected chi connectivity index (χ0v) is 26.2. The van der Waals surface area contributed by atoms with Crippen LogP contribution < -0.4 is 31.4 Å². The molecule has 2 heterocycles. The highest BCUT2D eigenvalue weighted by Crippen LogP contribution is 2.43. The molecule has 0 fully saturated rings. The summed E-state index contributed by atoms with van der Waals surface area (Å²) in [5, 5.41) is 1.48. The van der Waals surface area contributed by atoms with E-state index in [1.165, 1.54) is 78.0 Å². The van der Waals surface area contributed by atoms with Gasteiger partial charge in [-0.05, 0) is 92.6 Å². The molecule has 0 spiro atoms. The molecular formula is C37H37BN2Si. The Morgan fingerprint density at radius 1 is 0.463 bits per heavy atom. The SMILES string of the molecule is Cc1ccc(N2c3ccc(C)cc3B3c4cc(C)ccc4N(c4ccc(C)cc4)c4cc([Si](C)(C)C)cc2c43)cc1. The van der Waals surface area contributed by atoms with Crippen LogP contribution in [0.15, 0.2) is 97.1 Å². The van der Waals surface area contributed by atoms with Gasteiger partial charge < -0.3 is 9.80 Å². The molecule has 202 valence electrons. The van der Waals surface area contributed by atoms with E-state index in [-0.39, 0.29) is 6.71 Å². The number of fused-ring (bicyclic) bond motifs is 4. The molecule has 5 aromatic carbocycles. The van der Waals surface area contributed by atoms with Crippen LogP contribution in [0.4, 0.5) is 34.1 Å². The lowest BCUT2D eigenvalue weighted by Crippen LogP contribution is -2.62. The summed E-state index contributed by atoms with van der Waals surface area (Å²) in [5.74, 6) is 0. The molecule has 0 radical (unpaired) electrons. The Kier molecular flexibility index (Phi) is 5.85. The summed E-state index contributed by atoms with van der Waals surface area (Å²) in [7, 11) is -1.67. The van der Waals surface area contributed by atoms with Gasteiger partial charge in [0.25, 0.3) is 6.71 Å². The van der Waals surface area contributed by atoms with Crippen molar-refractivity contribution in [3.63, 3.8) is 0 Å².